The van der Waals surface area contributed by atoms with Gasteiger partial charge in [-0.1, -0.05) is 6.92 Å². The number of anilines is 1. The quantitative estimate of drug-likeness (QED) is 0.863. The minimum absolute atomic E-state index is 0.210. The van der Waals surface area contributed by atoms with Gasteiger partial charge in [0, 0.05) is 6.54 Å². The van der Waals surface area contributed by atoms with Crippen LogP contribution in [0, 0.1) is 11.2 Å². The predicted molar refractivity (Wildman–Crippen MR) is 63.6 cm³/mol. The number of rotatable bonds is 4. The van der Waals surface area contributed by atoms with Crippen LogP contribution in [0.3, 0.4) is 0 Å². The molecular formula is C11H15FN2O2S. The lowest BCUT2D eigenvalue weighted by Crippen LogP contribution is -2.15. The van der Waals surface area contributed by atoms with Crippen molar-refractivity contribution in [2.75, 3.05) is 11.9 Å². The van der Waals surface area contributed by atoms with E-state index in [1.807, 2.05) is 0 Å². The monoisotopic (exact) mass is 258 g/mol. The molecule has 0 atom stereocenters. The summed E-state index contributed by atoms with van der Waals surface area (Å²) in [5, 5.41) is 7.90. The summed E-state index contributed by atoms with van der Waals surface area (Å²) in [6.45, 7) is 2.81. The third-order valence-electron chi connectivity index (χ3n) is 3.08. The van der Waals surface area contributed by atoms with Gasteiger partial charge in [-0.25, -0.2) is 17.9 Å². The van der Waals surface area contributed by atoms with E-state index < -0.39 is 15.8 Å². The minimum atomic E-state index is -3.84. The number of benzene rings is 1. The Hall–Kier alpha value is -1.14. The van der Waals surface area contributed by atoms with Crippen molar-refractivity contribution in [3.05, 3.63) is 24.0 Å². The third-order valence-corrected chi connectivity index (χ3v) is 3.99. The van der Waals surface area contributed by atoms with E-state index in [0.717, 1.165) is 18.9 Å². The van der Waals surface area contributed by atoms with Crippen LogP contribution < -0.4 is 10.5 Å². The lowest BCUT2D eigenvalue weighted by molar-refractivity contribution is 0.587. The van der Waals surface area contributed by atoms with Crippen molar-refractivity contribution in [1.82, 2.24) is 0 Å². The summed E-state index contributed by atoms with van der Waals surface area (Å²) in [7, 11) is -3.84. The summed E-state index contributed by atoms with van der Waals surface area (Å²) >= 11 is 0. The van der Waals surface area contributed by atoms with Crippen LogP contribution in [-0.4, -0.2) is 15.0 Å². The zero-order valence-corrected chi connectivity index (χ0v) is 10.3. The predicted octanol–water partition coefficient (Wildman–Crippen LogP) is 1.69. The molecule has 6 heteroatoms. The van der Waals surface area contributed by atoms with Crippen molar-refractivity contribution in [2.45, 2.75) is 24.7 Å². The maximum Gasteiger partial charge on any atom is 0.238 e. The van der Waals surface area contributed by atoms with E-state index in [0.29, 0.717) is 12.2 Å². The fourth-order valence-corrected chi connectivity index (χ4v) is 2.04. The van der Waals surface area contributed by atoms with E-state index in [1.165, 1.54) is 12.1 Å². The Morgan fingerprint density at radius 3 is 2.59 bits per heavy atom. The summed E-state index contributed by atoms with van der Waals surface area (Å²) in [4.78, 5) is -0.210. The molecule has 2 rings (SSSR count). The molecule has 0 amide bonds. The molecule has 0 unspecified atom stereocenters. The molecule has 1 aliphatic rings. The van der Waals surface area contributed by atoms with Crippen LogP contribution in [0.1, 0.15) is 19.8 Å². The number of hydrogen-bond donors (Lipinski definition) is 2. The van der Waals surface area contributed by atoms with E-state index in [-0.39, 0.29) is 10.3 Å². The maximum absolute atomic E-state index is 13.6. The molecule has 4 nitrogen and oxygen atoms in total. The molecule has 1 aromatic carbocycles. The van der Waals surface area contributed by atoms with E-state index in [9.17, 15) is 12.8 Å². The SMILES string of the molecule is CC1(CNc2ccc(S(N)(=O)=O)cc2F)CC1. The fourth-order valence-electron chi connectivity index (χ4n) is 1.51. The Morgan fingerprint density at radius 2 is 2.12 bits per heavy atom. The number of nitrogens with one attached hydrogen (secondary N) is 1. The van der Waals surface area contributed by atoms with Gasteiger partial charge in [0.05, 0.1) is 10.6 Å². The Kier molecular flexibility index (Phi) is 2.87. The smallest absolute Gasteiger partial charge is 0.238 e. The summed E-state index contributed by atoms with van der Waals surface area (Å²) in [5.74, 6) is -0.597. The highest BCUT2D eigenvalue weighted by atomic mass is 32.2. The summed E-state index contributed by atoms with van der Waals surface area (Å²) in [6.07, 6.45) is 2.27. The van der Waals surface area contributed by atoms with Crippen LogP contribution >= 0.6 is 0 Å². The molecule has 17 heavy (non-hydrogen) atoms. The topological polar surface area (TPSA) is 72.2 Å². The lowest BCUT2D eigenvalue weighted by atomic mass is 10.1. The highest BCUT2D eigenvalue weighted by molar-refractivity contribution is 7.89. The molecule has 0 saturated heterocycles. The number of primary sulfonamides is 1. The average Bonchev–Trinajstić information content (AvgIpc) is 2.94. The van der Waals surface area contributed by atoms with Crippen molar-refractivity contribution < 1.29 is 12.8 Å². The Morgan fingerprint density at radius 1 is 1.47 bits per heavy atom. The Bertz CT molecular complexity index is 538. The molecule has 1 fully saturated rings. The summed E-state index contributed by atoms with van der Waals surface area (Å²) in [5.41, 5.74) is 0.566. The average molecular weight is 258 g/mol. The number of halogens is 1. The molecule has 94 valence electrons. The van der Waals surface area contributed by atoms with Crippen LogP contribution in [0.25, 0.3) is 0 Å². The van der Waals surface area contributed by atoms with Crippen molar-refractivity contribution >= 4 is 15.7 Å². The van der Waals surface area contributed by atoms with Crippen LogP contribution in [0.2, 0.25) is 0 Å². The van der Waals surface area contributed by atoms with Crippen LogP contribution in [0.15, 0.2) is 23.1 Å². The summed E-state index contributed by atoms with van der Waals surface area (Å²) in [6, 6.07) is 3.64. The second kappa shape index (κ2) is 3.96. The first kappa shape index (κ1) is 12.3. The lowest BCUT2D eigenvalue weighted by Gasteiger charge is -2.12. The van der Waals surface area contributed by atoms with Gasteiger partial charge in [-0.05, 0) is 36.5 Å². The van der Waals surface area contributed by atoms with E-state index >= 15 is 0 Å². The zero-order chi connectivity index (χ0) is 12.7. The van der Waals surface area contributed by atoms with E-state index in [2.05, 4.69) is 12.2 Å². The molecule has 1 aromatic rings. The molecule has 0 heterocycles. The first-order valence-electron chi connectivity index (χ1n) is 5.36. The molecular weight excluding hydrogens is 243 g/mol. The van der Waals surface area contributed by atoms with Crippen LogP contribution in [0.4, 0.5) is 10.1 Å². The fraction of sp³-hybridized carbons (Fsp3) is 0.455. The highest BCUT2D eigenvalue weighted by Crippen LogP contribution is 2.44. The molecule has 0 bridgehead atoms. The first-order chi connectivity index (χ1) is 7.80. The molecule has 1 aliphatic carbocycles. The Labute approximate surface area is 100 Å². The second-order valence-electron chi connectivity index (χ2n) is 4.85. The van der Waals surface area contributed by atoms with Gasteiger partial charge in [0.2, 0.25) is 10.0 Å². The summed E-state index contributed by atoms with van der Waals surface area (Å²) < 4.78 is 35.6. The maximum atomic E-state index is 13.6. The number of sulfonamides is 1. The van der Waals surface area contributed by atoms with E-state index in [4.69, 9.17) is 5.14 Å². The van der Waals surface area contributed by atoms with Gasteiger partial charge in [-0.15, -0.1) is 0 Å². The molecule has 0 aromatic heterocycles. The van der Waals surface area contributed by atoms with Gasteiger partial charge >= 0.3 is 0 Å². The molecule has 0 aliphatic heterocycles. The van der Waals surface area contributed by atoms with Crippen molar-refractivity contribution in [3.8, 4) is 0 Å². The number of nitrogens with two attached hydrogens (primary N) is 1. The van der Waals surface area contributed by atoms with Crippen molar-refractivity contribution in [1.29, 1.82) is 0 Å². The zero-order valence-electron chi connectivity index (χ0n) is 9.53. The normalized spacial score (nSPS) is 17.8. The second-order valence-corrected chi connectivity index (χ2v) is 6.41. The standard InChI is InChI=1S/C11H15FN2O2S/c1-11(4-5-11)7-14-10-3-2-8(6-9(10)12)17(13,15)16/h2-3,6,14H,4-5,7H2,1H3,(H2,13,15,16). The van der Waals surface area contributed by atoms with Gasteiger partial charge in [0.15, 0.2) is 0 Å². The van der Waals surface area contributed by atoms with Crippen LogP contribution in [0.5, 0.6) is 0 Å². The highest BCUT2D eigenvalue weighted by Gasteiger charge is 2.36. The van der Waals surface area contributed by atoms with Gasteiger partial charge in [0.25, 0.3) is 0 Å². The van der Waals surface area contributed by atoms with E-state index in [1.54, 1.807) is 0 Å². The van der Waals surface area contributed by atoms with Gasteiger partial charge in [-0.2, -0.15) is 0 Å². The first-order valence-corrected chi connectivity index (χ1v) is 6.91. The van der Waals surface area contributed by atoms with Gasteiger partial charge in [0.1, 0.15) is 5.82 Å². The van der Waals surface area contributed by atoms with Gasteiger partial charge < -0.3 is 5.32 Å². The van der Waals surface area contributed by atoms with Crippen molar-refractivity contribution in [3.63, 3.8) is 0 Å². The van der Waals surface area contributed by atoms with Crippen molar-refractivity contribution in [2.24, 2.45) is 10.6 Å². The molecule has 3 N–H and O–H groups in total. The van der Waals surface area contributed by atoms with Crippen LogP contribution in [-0.2, 0) is 10.0 Å². The molecule has 0 radical (unpaired) electrons. The van der Waals surface area contributed by atoms with Gasteiger partial charge in [-0.3, -0.25) is 0 Å². The number of hydrogen-bond acceptors (Lipinski definition) is 3. The molecule has 1 saturated carbocycles. The largest absolute Gasteiger partial charge is 0.382 e. The molecule has 0 spiro atoms. The minimum Gasteiger partial charge on any atom is -0.382 e. The Balaban J connectivity index is 2.14. The third kappa shape index (κ3) is 2.95.